The van der Waals surface area contributed by atoms with Crippen molar-refractivity contribution >= 4 is 5.91 Å². The molecule has 0 aliphatic carbocycles. The van der Waals surface area contributed by atoms with Gasteiger partial charge in [0.1, 0.15) is 73.2 Å². The minimum Gasteiger partial charge on any atom is -0.394 e. The highest BCUT2D eigenvalue weighted by molar-refractivity contribution is 5.76. The van der Waals surface area contributed by atoms with E-state index < -0.39 is 131 Å². The number of carbonyl (C=O) groups is 1. The Morgan fingerprint density at radius 3 is 1.06 bits per heavy atom. The van der Waals surface area contributed by atoms with E-state index in [1.165, 1.54) is 77.0 Å². The van der Waals surface area contributed by atoms with Crippen molar-refractivity contribution in [2.45, 2.75) is 330 Å². The standard InChI is InChI=1S/C87H139NO18/c1-3-5-7-9-11-13-15-17-19-21-23-25-27-28-29-30-31-32-33-34-35-36-37-38-39-40-41-42-43-45-47-49-51-53-55-57-59-61-63-65-75(93)88-70(71(92)64-62-60-58-56-54-52-50-48-46-44-26-24-22-20-18-16-14-12-10-8-6-4-2)69-101-85-81(99)78(96)83(73(67-90)103-85)106-87-82(100)79(97)84(74(68-91)104-87)105-86-80(98)77(95)76(94)72(66-89)102-86/h5,7,11,13,17,19,23,25,28-29,31-32,34-35,37-38,40-41,43,45-46,48-49,51,54-57,62,64,70-74,76-87,89-92,94-100H,3-4,6,8-10,12,14-16,18,20-22,24,26-27,30,33,36,39,42,44,47,50,52-53,58-61,63,65-69H2,1-2H3,(H,88,93)/b7-5-,13-11-,19-17-,25-23-,29-28-,32-31-,35-34-,38-37-,41-40-,45-43-,48-46+,51-49-,56-54+,57-55-,64-62+. The van der Waals surface area contributed by atoms with Crippen molar-refractivity contribution in [2.24, 2.45) is 0 Å². The maximum absolute atomic E-state index is 13.4. The predicted molar refractivity (Wildman–Crippen MR) is 424 cm³/mol. The molecule has 17 unspecified atom stereocenters. The molecular weight excluding hydrogens is 1350 g/mol. The number of unbranched alkanes of at least 4 members (excludes halogenated alkanes) is 16. The normalized spacial score (nSPS) is 26.7. The quantitative estimate of drug-likeness (QED) is 0.0199. The minimum absolute atomic E-state index is 0.164. The van der Waals surface area contributed by atoms with Crippen LogP contribution < -0.4 is 5.32 Å². The van der Waals surface area contributed by atoms with Gasteiger partial charge in [-0.3, -0.25) is 4.79 Å². The maximum atomic E-state index is 13.4. The molecule has 3 aliphatic heterocycles. The second kappa shape index (κ2) is 64.7. The van der Waals surface area contributed by atoms with E-state index in [-0.39, 0.29) is 12.3 Å². The number of amides is 1. The Bertz CT molecular complexity index is 2630. The molecule has 1 amide bonds. The summed E-state index contributed by atoms with van der Waals surface area (Å²) in [7, 11) is 0. The molecule has 0 aromatic carbocycles. The molecule has 12 N–H and O–H groups in total. The van der Waals surface area contributed by atoms with Crippen LogP contribution in [0.3, 0.4) is 0 Å². The predicted octanol–water partition coefficient (Wildman–Crippen LogP) is 13.6. The van der Waals surface area contributed by atoms with Crippen LogP contribution in [0.15, 0.2) is 182 Å². The molecule has 0 bridgehead atoms. The summed E-state index contributed by atoms with van der Waals surface area (Å²) in [5, 5.41) is 121. The molecule has 3 saturated heterocycles. The van der Waals surface area contributed by atoms with Crippen LogP contribution in [0.2, 0.25) is 0 Å². The van der Waals surface area contributed by atoms with Gasteiger partial charge in [-0.1, -0.05) is 267 Å². The van der Waals surface area contributed by atoms with Crippen LogP contribution in [0.5, 0.6) is 0 Å². The van der Waals surface area contributed by atoms with Gasteiger partial charge < -0.3 is 89.9 Å². The lowest BCUT2D eigenvalue weighted by Gasteiger charge is -2.48. The van der Waals surface area contributed by atoms with Gasteiger partial charge in [0.05, 0.1) is 38.6 Å². The number of allylic oxidation sites excluding steroid dienone is 29. The average Bonchev–Trinajstić information content (AvgIpc) is 0.780. The highest BCUT2D eigenvalue weighted by Gasteiger charge is 2.53. The fourth-order valence-electron chi connectivity index (χ4n) is 12.0. The van der Waals surface area contributed by atoms with Crippen LogP contribution in [0.4, 0.5) is 0 Å². The number of ether oxygens (including phenoxy) is 6. The SMILES string of the molecule is CC/C=C\C/C=C\C/C=C\C/C=C\C/C=C\C/C=C\C/C=C\C/C=C\C/C=C\C/C=C\C/C=C\C/C=C\CCCCC(=O)NC(COC1OC(CO)C(OC2OC(CO)C(OC3OC(CO)C(O)C(O)C3O)C(O)C2O)C(O)C1O)C(O)/C=C/CC/C=C/CC/C=C/CCCCCCCCCCCCCC. The van der Waals surface area contributed by atoms with Crippen molar-refractivity contribution < 1.29 is 89.4 Å². The summed E-state index contributed by atoms with van der Waals surface area (Å²) in [5.41, 5.74) is 0. The number of hydrogen-bond donors (Lipinski definition) is 12. The van der Waals surface area contributed by atoms with Gasteiger partial charge in [-0.05, 0) is 135 Å². The van der Waals surface area contributed by atoms with E-state index in [9.17, 15) is 61.0 Å². The van der Waals surface area contributed by atoms with Crippen LogP contribution in [0, 0.1) is 0 Å². The Morgan fingerprint density at radius 1 is 0.349 bits per heavy atom. The lowest BCUT2D eigenvalue weighted by Crippen LogP contribution is -2.66. The van der Waals surface area contributed by atoms with E-state index in [0.717, 1.165) is 116 Å². The first-order valence-corrected chi connectivity index (χ1v) is 40.0. The summed E-state index contributed by atoms with van der Waals surface area (Å²) in [4.78, 5) is 13.4. The second-order valence-corrected chi connectivity index (χ2v) is 27.4. The highest BCUT2D eigenvalue weighted by Crippen LogP contribution is 2.33. The Labute approximate surface area is 636 Å². The molecule has 17 atom stereocenters. The third kappa shape index (κ3) is 43.9. The Balaban J connectivity index is 1.41. The summed E-state index contributed by atoms with van der Waals surface area (Å²) in [5.74, 6) is -0.339. The fourth-order valence-corrected chi connectivity index (χ4v) is 12.0. The second-order valence-electron chi connectivity index (χ2n) is 27.4. The lowest BCUT2D eigenvalue weighted by atomic mass is 9.96. The molecule has 0 aromatic rings. The Morgan fingerprint density at radius 2 is 0.660 bits per heavy atom. The largest absolute Gasteiger partial charge is 0.394 e. The van der Waals surface area contributed by atoms with Crippen LogP contribution >= 0.6 is 0 Å². The van der Waals surface area contributed by atoms with Crippen LogP contribution in [0.1, 0.15) is 226 Å². The zero-order valence-corrected chi connectivity index (χ0v) is 64.1. The van der Waals surface area contributed by atoms with Gasteiger partial charge >= 0.3 is 0 Å². The smallest absolute Gasteiger partial charge is 0.220 e. The van der Waals surface area contributed by atoms with Crippen molar-refractivity contribution in [1.82, 2.24) is 5.32 Å². The molecule has 3 aliphatic rings. The fraction of sp³-hybridized carbons (Fsp3) is 0.644. The molecular formula is C87H139NO18. The molecule has 3 rings (SSSR count). The van der Waals surface area contributed by atoms with Crippen molar-refractivity contribution in [1.29, 1.82) is 0 Å². The van der Waals surface area contributed by atoms with Gasteiger partial charge in [0.25, 0.3) is 0 Å². The maximum Gasteiger partial charge on any atom is 0.220 e. The Kier molecular flexibility index (Phi) is 58.0. The van der Waals surface area contributed by atoms with Crippen molar-refractivity contribution in [3.8, 4) is 0 Å². The molecule has 19 heteroatoms. The van der Waals surface area contributed by atoms with E-state index in [1.54, 1.807) is 6.08 Å². The van der Waals surface area contributed by atoms with E-state index in [4.69, 9.17) is 28.4 Å². The third-order valence-electron chi connectivity index (χ3n) is 18.4. The first kappa shape index (κ1) is 95.1. The molecule has 0 spiro atoms. The monoisotopic (exact) mass is 1490 g/mol. The summed E-state index contributed by atoms with van der Waals surface area (Å²) >= 11 is 0. The number of hydrogen-bond acceptors (Lipinski definition) is 18. The highest BCUT2D eigenvalue weighted by atomic mass is 16.8. The molecule has 0 aromatic heterocycles. The zero-order valence-electron chi connectivity index (χ0n) is 64.1. The van der Waals surface area contributed by atoms with Gasteiger partial charge in [-0.2, -0.15) is 0 Å². The molecule has 600 valence electrons. The summed E-state index contributed by atoms with van der Waals surface area (Å²) in [6, 6.07) is -1.04. The molecule has 19 nitrogen and oxygen atoms in total. The molecule has 106 heavy (non-hydrogen) atoms. The van der Waals surface area contributed by atoms with Gasteiger partial charge in [0, 0.05) is 6.42 Å². The van der Waals surface area contributed by atoms with E-state index in [2.05, 4.69) is 189 Å². The topological polar surface area (TPSA) is 307 Å². The third-order valence-corrected chi connectivity index (χ3v) is 18.4. The van der Waals surface area contributed by atoms with Gasteiger partial charge in [-0.25, -0.2) is 0 Å². The minimum atomic E-state index is -2.00. The summed E-state index contributed by atoms with van der Waals surface area (Å²) in [6.45, 7) is 1.55. The van der Waals surface area contributed by atoms with Crippen molar-refractivity contribution in [3.63, 3.8) is 0 Å². The molecule has 0 radical (unpaired) electrons. The summed E-state index contributed by atoms with van der Waals surface area (Å²) in [6.07, 6.45) is 71.6. The number of carbonyl (C=O) groups excluding carboxylic acids is 1. The molecule has 3 heterocycles. The molecule has 0 saturated carbocycles. The zero-order chi connectivity index (χ0) is 76.7. The number of aliphatic hydroxyl groups is 11. The number of aliphatic hydroxyl groups excluding tert-OH is 11. The van der Waals surface area contributed by atoms with Gasteiger partial charge in [-0.15, -0.1) is 0 Å². The first-order valence-electron chi connectivity index (χ1n) is 40.0. The molecule has 3 fully saturated rings. The van der Waals surface area contributed by atoms with E-state index in [1.807, 2.05) is 6.08 Å². The average molecular weight is 1490 g/mol. The number of rotatable bonds is 60. The van der Waals surface area contributed by atoms with E-state index >= 15 is 0 Å². The summed E-state index contributed by atoms with van der Waals surface area (Å²) < 4.78 is 34.4. The van der Waals surface area contributed by atoms with Gasteiger partial charge in [0.15, 0.2) is 18.9 Å². The first-order chi connectivity index (χ1) is 51.8. The number of nitrogens with one attached hydrogen (secondary N) is 1. The van der Waals surface area contributed by atoms with E-state index in [0.29, 0.717) is 12.8 Å². The van der Waals surface area contributed by atoms with Gasteiger partial charge in [0.2, 0.25) is 5.91 Å². The van der Waals surface area contributed by atoms with Crippen molar-refractivity contribution in [2.75, 3.05) is 26.4 Å². The van der Waals surface area contributed by atoms with Crippen molar-refractivity contribution in [3.05, 3.63) is 182 Å². The van der Waals surface area contributed by atoms with Crippen LogP contribution in [0.25, 0.3) is 0 Å². The lowest BCUT2D eigenvalue weighted by molar-refractivity contribution is -0.379. The van der Waals surface area contributed by atoms with Crippen LogP contribution in [-0.2, 0) is 33.2 Å². The van der Waals surface area contributed by atoms with Crippen LogP contribution in [-0.4, -0.2) is 193 Å². The Hall–Kier alpha value is -5.11.